The quantitative estimate of drug-likeness (QED) is 0.173. The smallest absolute Gasteiger partial charge is 0.220 e. The first-order valence-corrected chi connectivity index (χ1v) is 13.9. The molecule has 5 rings (SSSR count). The number of unbranched alkanes of at least 4 members (excludes halogenated alkanes) is 1. The Bertz CT molecular complexity index is 1390. The minimum atomic E-state index is -1.53. The fraction of sp³-hybridized carbons (Fsp3) is 0.387. The van der Waals surface area contributed by atoms with Gasteiger partial charge in [0.15, 0.2) is 6.29 Å². The highest BCUT2D eigenvalue weighted by molar-refractivity contribution is 5.79. The molecule has 216 valence electrons. The summed E-state index contributed by atoms with van der Waals surface area (Å²) >= 11 is 0. The third-order valence-electron chi connectivity index (χ3n) is 7.44. The summed E-state index contributed by atoms with van der Waals surface area (Å²) in [6.07, 6.45) is -4.07. The second-order valence-electron chi connectivity index (χ2n) is 10.5. The first-order chi connectivity index (χ1) is 19.9. The van der Waals surface area contributed by atoms with Crippen molar-refractivity contribution in [3.05, 3.63) is 84.2 Å². The van der Waals surface area contributed by atoms with E-state index in [-0.39, 0.29) is 12.3 Å². The molecule has 0 unspecified atom stereocenters. The fourth-order valence-corrected chi connectivity index (χ4v) is 5.20. The molecule has 2 aromatic carbocycles. The molecule has 10 nitrogen and oxygen atoms in total. The lowest BCUT2D eigenvalue weighted by molar-refractivity contribution is -0.253. The van der Waals surface area contributed by atoms with E-state index in [1.165, 1.54) is 0 Å². The topological polar surface area (TPSA) is 148 Å². The number of nitrogens with zero attached hydrogens (tertiary/aromatic N) is 3. The van der Waals surface area contributed by atoms with Crippen molar-refractivity contribution in [2.24, 2.45) is 0 Å². The highest BCUT2D eigenvalue weighted by Crippen LogP contribution is 2.20. The Hall–Kier alpha value is -3.51. The molecule has 1 aliphatic heterocycles. The van der Waals surface area contributed by atoms with Crippen molar-refractivity contribution in [3.63, 3.8) is 0 Å². The zero-order chi connectivity index (χ0) is 28.8. The number of para-hydroxylation sites is 2. The number of aromatic nitrogens is 2. The Morgan fingerprint density at radius 1 is 0.805 bits per heavy atom. The first-order valence-electron chi connectivity index (χ1n) is 13.9. The second-order valence-corrected chi connectivity index (χ2v) is 10.5. The van der Waals surface area contributed by atoms with Crippen LogP contribution in [0.25, 0.3) is 21.8 Å². The summed E-state index contributed by atoms with van der Waals surface area (Å²) in [7, 11) is 0. The number of amides is 1. The van der Waals surface area contributed by atoms with Gasteiger partial charge in [-0.05, 0) is 43.7 Å². The number of aliphatic hydroxyl groups excluding tert-OH is 4. The van der Waals surface area contributed by atoms with Gasteiger partial charge in [0, 0.05) is 30.3 Å². The summed E-state index contributed by atoms with van der Waals surface area (Å²) in [5.74, 6) is -0.370. The van der Waals surface area contributed by atoms with Crippen LogP contribution in [0.4, 0.5) is 0 Å². The summed E-state index contributed by atoms with van der Waals surface area (Å²) in [6, 6.07) is 23.1. The molecular formula is C31H36N4O6. The van der Waals surface area contributed by atoms with E-state index in [9.17, 15) is 25.2 Å². The molecule has 4 aromatic rings. The monoisotopic (exact) mass is 560 g/mol. The van der Waals surface area contributed by atoms with Gasteiger partial charge in [-0.3, -0.25) is 19.7 Å². The maximum atomic E-state index is 12.6. The number of rotatable bonds is 11. The van der Waals surface area contributed by atoms with Crippen molar-refractivity contribution in [2.45, 2.75) is 63.0 Å². The van der Waals surface area contributed by atoms with Crippen molar-refractivity contribution in [1.29, 1.82) is 0 Å². The lowest BCUT2D eigenvalue weighted by atomic mass is 9.97. The Morgan fingerprint density at radius 2 is 1.39 bits per heavy atom. The molecule has 5 atom stereocenters. The van der Waals surface area contributed by atoms with E-state index < -0.39 is 37.3 Å². The summed E-state index contributed by atoms with van der Waals surface area (Å²) in [5, 5.41) is 44.4. The van der Waals surface area contributed by atoms with Crippen LogP contribution in [0.15, 0.2) is 72.8 Å². The SMILES string of the molecule is O=C(CCCCN(Cc1ccc2ccccc2n1)Cc1ccc2ccccc2n1)N[C@@H]1[C@@H](O)[C@H](O)[C@@H](CO)O[C@H]1O. The predicted molar refractivity (Wildman–Crippen MR) is 153 cm³/mol. The van der Waals surface area contributed by atoms with Crippen LogP contribution in [-0.2, 0) is 22.6 Å². The minimum absolute atomic E-state index is 0.172. The summed E-state index contributed by atoms with van der Waals surface area (Å²) < 4.78 is 5.12. The van der Waals surface area contributed by atoms with E-state index in [4.69, 9.17) is 14.7 Å². The lowest BCUT2D eigenvalue weighted by Crippen LogP contribution is -2.64. The molecule has 1 saturated heterocycles. The number of benzene rings is 2. The number of fused-ring (bicyclic) bond motifs is 2. The molecule has 1 fully saturated rings. The van der Waals surface area contributed by atoms with Gasteiger partial charge in [0.2, 0.25) is 5.91 Å². The molecular weight excluding hydrogens is 524 g/mol. The summed E-state index contributed by atoms with van der Waals surface area (Å²) in [5.41, 5.74) is 3.78. The molecule has 2 aromatic heterocycles. The van der Waals surface area contributed by atoms with Gasteiger partial charge in [-0.2, -0.15) is 0 Å². The molecule has 0 aliphatic carbocycles. The Morgan fingerprint density at radius 3 is 1.98 bits per heavy atom. The van der Waals surface area contributed by atoms with Gasteiger partial charge in [0.05, 0.1) is 29.0 Å². The van der Waals surface area contributed by atoms with Crippen LogP contribution < -0.4 is 5.32 Å². The van der Waals surface area contributed by atoms with E-state index in [0.29, 0.717) is 26.1 Å². The highest BCUT2D eigenvalue weighted by atomic mass is 16.6. The molecule has 1 aliphatic rings. The van der Waals surface area contributed by atoms with Crippen LogP contribution in [0.3, 0.4) is 0 Å². The van der Waals surface area contributed by atoms with E-state index in [0.717, 1.165) is 39.6 Å². The molecule has 10 heteroatoms. The van der Waals surface area contributed by atoms with Crippen LogP contribution in [0, 0.1) is 0 Å². The lowest BCUT2D eigenvalue weighted by Gasteiger charge is -2.40. The predicted octanol–water partition coefficient (Wildman–Crippen LogP) is 1.87. The van der Waals surface area contributed by atoms with Gasteiger partial charge >= 0.3 is 0 Å². The molecule has 0 bridgehead atoms. The van der Waals surface area contributed by atoms with Crippen LogP contribution in [0.1, 0.15) is 30.7 Å². The Labute approximate surface area is 238 Å². The Kier molecular flexibility index (Phi) is 9.50. The summed E-state index contributed by atoms with van der Waals surface area (Å²) in [4.78, 5) is 24.5. The van der Waals surface area contributed by atoms with Gasteiger partial charge in [0.1, 0.15) is 24.4 Å². The number of ether oxygens (including phenoxy) is 1. The van der Waals surface area contributed by atoms with Gasteiger partial charge in [-0.25, -0.2) is 0 Å². The standard InChI is InChI=1S/C31H36N4O6/c36-19-26-29(38)30(39)28(31(40)41-26)34-27(37)11-5-6-16-35(17-22-14-12-20-7-1-3-9-24(20)32-22)18-23-15-13-21-8-2-4-10-25(21)33-23/h1-4,7-10,12-15,26,28-31,36,38-40H,5-6,11,16-19H2,(H,34,37)/t26-,28-,29-,30-,31-/m1/s1. The average Bonchev–Trinajstić information content (AvgIpc) is 2.99. The number of carbonyl (C=O) groups is 1. The zero-order valence-corrected chi connectivity index (χ0v) is 22.7. The van der Waals surface area contributed by atoms with Crippen LogP contribution in [-0.4, -0.2) is 85.0 Å². The van der Waals surface area contributed by atoms with Crippen molar-refractivity contribution in [2.75, 3.05) is 13.2 Å². The number of carbonyl (C=O) groups excluding carboxylic acids is 1. The zero-order valence-electron chi connectivity index (χ0n) is 22.7. The van der Waals surface area contributed by atoms with Crippen molar-refractivity contribution < 1.29 is 30.0 Å². The van der Waals surface area contributed by atoms with E-state index in [1.54, 1.807) is 0 Å². The molecule has 0 radical (unpaired) electrons. The molecule has 1 amide bonds. The second kappa shape index (κ2) is 13.4. The van der Waals surface area contributed by atoms with Gasteiger partial charge < -0.3 is 30.5 Å². The van der Waals surface area contributed by atoms with E-state index in [1.807, 2.05) is 60.7 Å². The highest BCUT2D eigenvalue weighted by Gasteiger charge is 2.44. The minimum Gasteiger partial charge on any atom is -0.394 e. The largest absolute Gasteiger partial charge is 0.394 e. The van der Waals surface area contributed by atoms with Crippen LogP contribution in [0.2, 0.25) is 0 Å². The van der Waals surface area contributed by atoms with Gasteiger partial charge in [0.25, 0.3) is 0 Å². The number of hydrogen-bond acceptors (Lipinski definition) is 9. The fourth-order valence-electron chi connectivity index (χ4n) is 5.20. The van der Waals surface area contributed by atoms with Crippen molar-refractivity contribution in [3.8, 4) is 0 Å². The van der Waals surface area contributed by atoms with Gasteiger partial charge in [-0.15, -0.1) is 0 Å². The van der Waals surface area contributed by atoms with E-state index >= 15 is 0 Å². The molecule has 5 N–H and O–H groups in total. The molecule has 41 heavy (non-hydrogen) atoms. The van der Waals surface area contributed by atoms with Gasteiger partial charge in [-0.1, -0.05) is 48.5 Å². The van der Waals surface area contributed by atoms with E-state index in [2.05, 4.69) is 22.3 Å². The molecule has 3 heterocycles. The normalized spacial score (nSPS) is 22.8. The molecule has 0 saturated carbocycles. The number of hydrogen-bond donors (Lipinski definition) is 5. The van der Waals surface area contributed by atoms with Crippen molar-refractivity contribution in [1.82, 2.24) is 20.2 Å². The Balaban J connectivity index is 1.20. The number of nitrogens with one attached hydrogen (secondary N) is 1. The van der Waals surface area contributed by atoms with Crippen LogP contribution in [0.5, 0.6) is 0 Å². The molecule has 0 spiro atoms. The third-order valence-corrected chi connectivity index (χ3v) is 7.44. The maximum Gasteiger partial charge on any atom is 0.220 e. The number of aliphatic hydroxyl groups is 4. The van der Waals surface area contributed by atoms with Crippen molar-refractivity contribution >= 4 is 27.7 Å². The van der Waals surface area contributed by atoms with Crippen LogP contribution >= 0.6 is 0 Å². The average molecular weight is 561 g/mol. The number of pyridine rings is 2. The maximum absolute atomic E-state index is 12.6. The summed E-state index contributed by atoms with van der Waals surface area (Å²) in [6.45, 7) is 1.38. The third kappa shape index (κ3) is 7.23. The first kappa shape index (κ1) is 29.0.